The Bertz CT molecular complexity index is 1090. The molecule has 0 amide bonds. The summed E-state index contributed by atoms with van der Waals surface area (Å²) in [5.41, 5.74) is 3.28. The maximum absolute atomic E-state index is 9.26. The van der Waals surface area contributed by atoms with E-state index < -0.39 is 0 Å². The van der Waals surface area contributed by atoms with Gasteiger partial charge in [-0.1, -0.05) is 0 Å². The predicted octanol–water partition coefficient (Wildman–Crippen LogP) is 2.73. The lowest BCUT2D eigenvalue weighted by Gasteiger charge is -2.15. The van der Waals surface area contributed by atoms with Crippen LogP contribution < -0.4 is 4.74 Å². The summed E-state index contributed by atoms with van der Waals surface area (Å²) in [6.07, 6.45) is 10.6. The van der Waals surface area contributed by atoms with Gasteiger partial charge in [0.05, 0.1) is 43.7 Å². The Labute approximate surface area is 149 Å². The monoisotopic (exact) mass is 345 g/mol. The summed E-state index contributed by atoms with van der Waals surface area (Å²) in [5.74, 6) is 0.641. The molecule has 8 nitrogen and oxygen atoms in total. The van der Waals surface area contributed by atoms with E-state index in [0.29, 0.717) is 5.75 Å². The number of aromatic nitrogens is 6. The molecule has 128 valence electrons. The molecule has 0 saturated carbocycles. The molecule has 0 saturated heterocycles. The quantitative estimate of drug-likeness (QED) is 0.596. The van der Waals surface area contributed by atoms with Gasteiger partial charge in [-0.15, -0.1) is 0 Å². The van der Waals surface area contributed by atoms with Crippen LogP contribution in [0.2, 0.25) is 0 Å². The standard InChI is InChI=1S/C18H15N7O/c1-26-14-6-12(7-20-9-14)16(2-4-19)25-10-13(8-24-25)17-15-3-5-21-18(15)23-11-22-17/h3,5-11,16H,2H2,1H3,(H,21,22,23). The number of methoxy groups -OCH3 is 1. The van der Waals surface area contributed by atoms with Crippen molar-refractivity contribution in [1.82, 2.24) is 29.7 Å². The fourth-order valence-electron chi connectivity index (χ4n) is 2.91. The molecule has 26 heavy (non-hydrogen) atoms. The predicted molar refractivity (Wildman–Crippen MR) is 94.3 cm³/mol. The molecule has 0 aliphatic heterocycles. The summed E-state index contributed by atoms with van der Waals surface area (Å²) in [6.45, 7) is 0. The van der Waals surface area contributed by atoms with Gasteiger partial charge >= 0.3 is 0 Å². The van der Waals surface area contributed by atoms with E-state index in [2.05, 4.69) is 31.1 Å². The smallest absolute Gasteiger partial charge is 0.141 e. The number of H-pyrrole nitrogens is 1. The summed E-state index contributed by atoms with van der Waals surface area (Å²) in [7, 11) is 1.59. The minimum Gasteiger partial charge on any atom is -0.495 e. The third kappa shape index (κ3) is 2.75. The maximum Gasteiger partial charge on any atom is 0.141 e. The zero-order chi connectivity index (χ0) is 17.9. The second-order valence-corrected chi connectivity index (χ2v) is 5.71. The van der Waals surface area contributed by atoms with Crippen LogP contribution in [0.1, 0.15) is 18.0 Å². The number of hydrogen-bond donors (Lipinski definition) is 1. The summed E-state index contributed by atoms with van der Waals surface area (Å²) in [6, 6.07) is 5.75. The van der Waals surface area contributed by atoms with E-state index in [-0.39, 0.29) is 12.5 Å². The van der Waals surface area contributed by atoms with Crippen LogP contribution in [-0.2, 0) is 0 Å². The largest absolute Gasteiger partial charge is 0.495 e. The Balaban J connectivity index is 1.75. The molecule has 0 aliphatic rings. The Morgan fingerprint density at radius 3 is 3.08 bits per heavy atom. The van der Waals surface area contributed by atoms with Crippen LogP contribution in [0, 0.1) is 11.3 Å². The second-order valence-electron chi connectivity index (χ2n) is 5.71. The molecule has 4 aromatic heterocycles. The molecule has 1 unspecified atom stereocenters. The van der Waals surface area contributed by atoms with Crippen molar-refractivity contribution in [1.29, 1.82) is 5.26 Å². The number of hydrogen-bond acceptors (Lipinski definition) is 6. The number of nitriles is 1. The van der Waals surface area contributed by atoms with E-state index in [9.17, 15) is 5.26 Å². The number of ether oxygens (including phenoxy) is 1. The number of nitrogens with zero attached hydrogens (tertiary/aromatic N) is 6. The number of rotatable bonds is 5. The van der Waals surface area contributed by atoms with Gasteiger partial charge in [-0.2, -0.15) is 10.4 Å². The lowest BCUT2D eigenvalue weighted by atomic mass is 10.1. The van der Waals surface area contributed by atoms with Crippen molar-refractivity contribution in [2.45, 2.75) is 12.5 Å². The van der Waals surface area contributed by atoms with Gasteiger partial charge in [0.2, 0.25) is 0 Å². The molecular weight excluding hydrogens is 330 g/mol. The summed E-state index contributed by atoms with van der Waals surface area (Å²) in [4.78, 5) is 15.8. The zero-order valence-corrected chi connectivity index (χ0v) is 14.0. The van der Waals surface area contributed by atoms with Crippen molar-refractivity contribution >= 4 is 11.0 Å². The molecule has 1 N–H and O–H groups in total. The van der Waals surface area contributed by atoms with Gasteiger partial charge in [0.1, 0.15) is 17.7 Å². The molecule has 8 heteroatoms. The lowest BCUT2D eigenvalue weighted by Crippen LogP contribution is -2.11. The average Bonchev–Trinajstić information content (AvgIpc) is 3.35. The van der Waals surface area contributed by atoms with Gasteiger partial charge in [-0.25, -0.2) is 9.97 Å². The van der Waals surface area contributed by atoms with Crippen molar-refractivity contribution in [2.75, 3.05) is 7.11 Å². The summed E-state index contributed by atoms with van der Waals surface area (Å²) >= 11 is 0. The Hall–Kier alpha value is -3.73. The van der Waals surface area contributed by atoms with Crippen LogP contribution in [0.15, 0.2) is 49.4 Å². The molecule has 0 fully saturated rings. The van der Waals surface area contributed by atoms with E-state index in [1.165, 1.54) is 6.33 Å². The number of nitrogens with one attached hydrogen (secondary N) is 1. The average molecular weight is 345 g/mol. The Morgan fingerprint density at radius 1 is 1.31 bits per heavy atom. The number of pyridine rings is 1. The first kappa shape index (κ1) is 15.8. The third-order valence-corrected chi connectivity index (χ3v) is 4.19. The van der Waals surface area contributed by atoms with Gasteiger partial charge < -0.3 is 9.72 Å². The highest BCUT2D eigenvalue weighted by atomic mass is 16.5. The van der Waals surface area contributed by atoms with Gasteiger partial charge in [-0.3, -0.25) is 9.67 Å². The highest BCUT2D eigenvalue weighted by molar-refractivity contribution is 5.89. The van der Waals surface area contributed by atoms with E-state index in [0.717, 1.165) is 27.9 Å². The third-order valence-electron chi connectivity index (χ3n) is 4.19. The molecule has 0 aliphatic carbocycles. The first-order valence-corrected chi connectivity index (χ1v) is 7.98. The first-order valence-electron chi connectivity index (χ1n) is 7.98. The topological polar surface area (TPSA) is 105 Å². The van der Waals surface area contributed by atoms with Crippen LogP contribution in [0.3, 0.4) is 0 Å². The molecule has 0 radical (unpaired) electrons. The zero-order valence-electron chi connectivity index (χ0n) is 14.0. The SMILES string of the molecule is COc1cncc(C(CC#N)n2cc(-c3ncnc4[nH]ccc34)cn2)c1. The molecular formula is C18H15N7O. The number of aromatic amines is 1. The van der Waals surface area contributed by atoms with Gasteiger partial charge in [0, 0.05) is 29.5 Å². The molecule has 0 bridgehead atoms. The summed E-state index contributed by atoms with van der Waals surface area (Å²) < 4.78 is 7.00. The molecule has 0 aromatic carbocycles. The van der Waals surface area contributed by atoms with Crippen LogP contribution in [-0.4, -0.2) is 36.8 Å². The molecule has 4 rings (SSSR count). The lowest BCUT2D eigenvalue weighted by molar-refractivity contribution is 0.410. The van der Waals surface area contributed by atoms with Crippen molar-refractivity contribution in [3.05, 3.63) is 55.0 Å². The van der Waals surface area contributed by atoms with Crippen molar-refractivity contribution < 1.29 is 4.74 Å². The van der Waals surface area contributed by atoms with Crippen LogP contribution in [0.5, 0.6) is 5.75 Å². The number of fused-ring (bicyclic) bond motifs is 1. The normalized spacial score (nSPS) is 12.0. The molecule has 4 heterocycles. The van der Waals surface area contributed by atoms with E-state index in [1.807, 2.05) is 24.5 Å². The molecule has 1 atom stereocenters. The molecule has 4 aromatic rings. The highest BCUT2D eigenvalue weighted by Crippen LogP contribution is 2.28. The van der Waals surface area contributed by atoms with E-state index in [4.69, 9.17) is 4.74 Å². The Morgan fingerprint density at radius 2 is 2.23 bits per heavy atom. The van der Waals surface area contributed by atoms with Crippen molar-refractivity contribution in [2.24, 2.45) is 0 Å². The van der Waals surface area contributed by atoms with Gasteiger partial charge in [-0.05, 0) is 17.7 Å². The summed E-state index contributed by atoms with van der Waals surface area (Å²) in [5, 5.41) is 14.6. The molecule has 0 spiro atoms. The van der Waals surface area contributed by atoms with Crippen molar-refractivity contribution in [3.63, 3.8) is 0 Å². The van der Waals surface area contributed by atoms with Crippen LogP contribution in [0.25, 0.3) is 22.3 Å². The first-order chi connectivity index (χ1) is 12.8. The minimum absolute atomic E-state index is 0.263. The van der Waals surface area contributed by atoms with Crippen LogP contribution >= 0.6 is 0 Å². The maximum atomic E-state index is 9.26. The van der Waals surface area contributed by atoms with E-state index >= 15 is 0 Å². The second kappa shape index (κ2) is 6.64. The highest BCUT2D eigenvalue weighted by Gasteiger charge is 2.18. The fraction of sp³-hybridized carbons (Fsp3) is 0.167. The van der Waals surface area contributed by atoms with Gasteiger partial charge in [0.25, 0.3) is 0 Å². The minimum atomic E-state index is -0.264. The van der Waals surface area contributed by atoms with Crippen LogP contribution in [0.4, 0.5) is 0 Å². The fourth-order valence-corrected chi connectivity index (χ4v) is 2.91. The van der Waals surface area contributed by atoms with Gasteiger partial charge in [0.15, 0.2) is 0 Å². The van der Waals surface area contributed by atoms with Crippen molar-refractivity contribution in [3.8, 4) is 23.1 Å². The van der Waals surface area contributed by atoms with E-state index in [1.54, 1.807) is 30.4 Å². The Kier molecular flexibility index (Phi) is 4.03.